The Bertz CT molecular complexity index is 703. The van der Waals surface area contributed by atoms with E-state index in [2.05, 4.69) is 26.8 Å². The first-order chi connectivity index (χ1) is 11.5. The van der Waals surface area contributed by atoms with Crippen molar-refractivity contribution in [3.63, 3.8) is 0 Å². The summed E-state index contributed by atoms with van der Waals surface area (Å²) in [6.07, 6.45) is 1.39. The number of benzene rings is 1. The molecule has 8 heteroatoms. The summed E-state index contributed by atoms with van der Waals surface area (Å²) in [6.45, 7) is 2.16. The summed E-state index contributed by atoms with van der Waals surface area (Å²) in [5, 5.41) is 1.86. The zero-order chi connectivity index (χ0) is 17.5. The number of nitrogens with two attached hydrogens (primary N) is 1. The fourth-order valence-electron chi connectivity index (χ4n) is 2.03. The van der Waals surface area contributed by atoms with Gasteiger partial charge in [0.25, 0.3) is 5.91 Å². The molecule has 0 bridgehead atoms. The number of hydrogen-bond donors (Lipinski definition) is 3. The molecule has 1 aromatic heterocycles. The molecule has 24 heavy (non-hydrogen) atoms. The van der Waals surface area contributed by atoms with Crippen molar-refractivity contribution in [2.45, 2.75) is 13.0 Å². The quantitative estimate of drug-likeness (QED) is 0.637. The second-order valence-corrected chi connectivity index (χ2v) is 5.96. The maximum atomic E-state index is 11.8. The maximum absolute atomic E-state index is 11.8. The van der Waals surface area contributed by atoms with E-state index in [4.69, 9.17) is 9.15 Å². The molecule has 0 saturated carbocycles. The molecule has 0 aliphatic carbocycles. The molecule has 0 fully saturated rings. The van der Waals surface area contributed by atoms with E-state index in [1.54, 1.807) is 13.2 Å². The summed E-state index contributed by atoms with van der Waals surface area (Å²) in [5.74, 6) is 0.0786. The number of hydrazine groups is 1. The van der Waals surface area contributed by atoms with Gasteiger partial charge in [-0.25, -0.2) is 0 Å². The second kappa shape index (κ2) is 8.51. The van der Waals surface area contributed by atoms with Crippen molar-refractivity contribution in [2.75, 3.05) is 13.7 Å². The molecule has 0 spiro atoms. The number of methoxy groups -OCH3 is 1. The predicted octanol–water partition coefficient (Wildman–Crippen LogP) is 1.14. The largest absolute Gasteiger partial charge is 0.496 e. The lowest BCUT2D eigenvalue weighted by Crippen LogP contribution is -2.87. The van der Waals surface area contributed by atoms with E-state index in [1.807, 2.05) is 30.4 Å². The number of hydrogen-bond acceptors (Lipinski definition) is 4. The first-order valence-corrected chi connectivity index (χ1v) is 8.10. The van der Waals surface area contributed by atoms with Crippen LogP contribution in [-0.2, 0) is 4.79 Å². The number of furan rings is 1. The Labute approximate surface area is 147 Å². The van der Waals surface area contributed by atoms with E-state index < -0.39 is 5.91 Å². The molecule has 1 aromatic carbocycles. The molecule has 128 valence electrons. The van der Waals surface area contributed by atoms with Gasteiger partial charge in [-0.05, 0) is 53.2 Å². The first kappa shape index (κ1) is 18.0. The summed E-state index contributed by atoms with van der Waals surface area (Å²) in [6, 6.07) is 8.95. The van der Waals surface area contributed by atoms with Gasteiger partial charge < -0.3 is 14.5 Å². The SMILES string of the molecule is COc1ccc([C@H](C)[NH2+]CC(=O)NNC(=O)c2ccco2)cc1Br. The lowest BCUT2D eigenvalue weighted by molar-refractivity contribution is -0.682. The number of quaternary nitrogens is 1. The van der Waals surface area contributed by atoms with Gasteiger partial charge in [0.05, 0.1) is 17.8 Å². The molecule has 2 rings (SSSR count). The van der Waals surface area contributed by atoms with Crippen molar-refractivity contribution in [2.24, 2.45) is 0 Å². The van der Waals surface area contributed by atoms with E-state index in [1.165, 1.54) is 12.3 Å². The average Bonchev–Trinajstić information content (AvgIpc) is 3.12. The third kappa shape index (κ3) is 4.84. The zero-order valence-electron chi connectivity index (χ0n) is 13.3. The molecule has 7 nitrogen and oxygen atoms in total. The normalized spacial score (nSPS) is 11.6. The minimum absolute atomic E-state index is 0.0683. The Balaban J connectivity index is 1.78. The summed E-state index contributed by atoms with van der Waals surface area (Å²) >= 11 is 3.44. The van der Waals surface area contributed by atoms with Crippen molar-refractivity contribution in [1.29, 1.82) is 0 Å². The molecule has 0 saturated heterocycles. The standard InChI is InChI=1S/C16H18BrN3O4/c1-10(11-5-6-13(23-2)12(17)8-11)18-9-15(21)19-20-16(22)14-4-3-7-24-14/h3-8,10,18H,9H2,1-2H3,(H,19,21)(H,20,22)/p+1/t10-/m0/s1. The molecule has 2 aromatic rings. The molecule has 1 atom stereocenters. The Kier molecular flexibility index (Phi) is 6.39. The summed E-state index contributed by atoms with van der Waals surface area (Å²) in [7, 11) is 1.61. The molecule has 4 N–H and O–H groups in total. The van der Waals surface area contributed by atoms with Gasteiger partial charge in [-0.1, -0.05) is 0 Å². The van der Waals surface area contributed by atoms with Gasteiger partial charge in [-0.2, -0.15) is 0 Å². The number of halogens is 1. The van der Waals surface area contributed by atoms with Gasteiger partial charge >= 0.3 is 5.91 Å². The zero-order valence-corrected chi connectivity index (χ0v) is 14.9. The van der Waals surface area contributed by atoms with Crippen molar-refractivity contribution >= 4 is 27.7 Å². The molecule has 0 unspecified atom stereocenters. The van der Waals surface area contributed by atoms with Crippen LogP contribution < -0.4 is 20.9 Å². The van der Waals surface area contributed by atoms with E-state index in [9.17, 15) is 9.59 Å². The van der Waals surface area contributed by atoms with Gasteiger partial charge in [0.2, 0.25) is 0 Å². The number of ether oxygens (including phenoxy) is 1. The first-order valence-electron chi connectivity index (χ1n) is 7.30. The maximum Gasteiger partial charge on any atom is 0.305 e. The highest BCUT2D eigenvalue weighted by Gasteiger charge is 2.14. The van der Waals surface area contributed by atoms with E-state index in [0.29, 0.717) is 0 Å². The van der Waals surface area contributed by atoms with Gasteiger partial charge in [0.1, 0.15) is 11.8 Å². The van der Waals surface area contributed by atoms with Gasteiger partial charge in [0.15, 0.2) is 12.3 Å². The lowest BCUT2D eigenvalue weighted by Gasteiger charge is -2.13. The van der Waals surface area contributed by atoms with Crippen LogP contribution in [0.4, 0.5) is 0 Å². The highest BCUT2D eigenvalue weighted by atomic mass is 79.9. The minimum atomic E-state index is -0.500. The Hall–Kier alpha value is -2.32. The van der Waals surface area contributed by atoms with Crippen LogP contribution in [0, 0.1) is 0 Å². The van der Waals surface area contributed by atoms with Crippen LogP contribution in [0.1, 0.15) is 29.1 Å². The van der Waals surface area contributed by atoms with E-state index in [-0.39, 0.29) is 24.3 Å². The van der Waals surface area contributed by atoms with Gasteiger partial charge in [-0.15, -0.1) is 0 Å². The molecule has 2 amide bonds. The van der Waals surface area contributed by atoms with E-state index >= 15 is 0 Å². The summed E-state index contributed by atoms with van der Waals surface area (Å²) < 4.78 is 11.0. The van der Waals surface area contributed by atoms with Crippen molar-refractivity contribution in [1.82, 2.24) is 10.9 Å². The third-order valence-electron chi connectivity index (χ3n) is 3.42. The molecular weight excluding hydrogens is 378 g/mol. The molecular formula is C16H19BrN3O4+. The smallest absolute Gasteiger partial charge is 0.305 e. The monoisotopic (exact) mass is 396 g/mol. The number of amides is 2. The molecule has 0 aliphatic heterocycles. The van der Waals surface area contributed by atoms with Crippen LogP contribution in [0.15, 0.2) is 45.5 Å². The molecule has 0 radical (unpaired) electrons. The predicted molar refractivity (Wildman–Crippen MR) is 90.2 cm³/mol. The second-order valence-electron chi connectivity index (χ2n) is 5.10. The van der Waals surface area contributed by atoms with Crippen molar-refractivity contribution in [3.05, 3.63) is 52.4 Å². The number of rotatable bonds is 6. The highest BCUT2D eigenvalue weighted by molar-refractivity contribution is 9.10. The highest BCUT2D eigenvalue weighted by Crippen LogP contribution is 2.26. The van der Waals surface area contributed by atoms with Crippen LogP contribution in [0.2, 0.25) is 0 Å². The summed E-state index contributed by atoms with van der Waals surface area (Å²) in [4.78, 5) is 23.4. The number of carbonyl (C=O) groups is 2. The van der Waals surface area contributed by atoms with Crippen LogP contribution in [0.25, 0.3) is 0 Å². The Morgan fingerprint density at radius 2 is 2.12 bits per heavy atom. The number of carbonyl (C=O) groups excluding carboxylic acids is 2. The fourth-order valence-corrected chi connectivity index (χ4v) is 2.59. The van der Waals surface area contributed by atoms with Crippen LogP contribution in [0.3, 0.4) is 0 Å². The summed E-state index contributed by atoms with van der Waals surface area (Å²) in [5.41, 5.74) is 5.70. The third-order valence-corrected chi connectivity index (χ3v) is 4.04. The molecule has 1 heterocycles. The van der Waals surface area contributed by atoms with Crippen molar-refractivity contribution in [3.8, 4) is 5.75 Å². The Morgan fingerprint density at radius 3 is 2.75 bits per heavy atom. The Morgan fingerprint density at radius 1 is 1.33 bits per heavy atom. The van der Waals surface area contributed by atoms with Crippen LogP contribution in [-0.4, -0.2) is 25.5 Å². The van der Waals surface area contributed by atoms with Gasteiger partial charge in [0, 0.05) is 5.56 Å². The van der Waals surface area contributed by atoms with Crippen molar-refractivity contribution < 1.29 is 24.1 Å². The molecule has 0 aliphatic rings. The van der Waals surface area contributed by atoms with Crippen LogP contribution in [0.5, 0.6) is 5.75 Å². The average molecular weight is 397 g/mol. The minimum Gasteiger partial charge on any atom is -0.496 e. The topological polar surface area (TPSA) is 97.2 Å². The lowest BCUT2D eigenvalue weighted by atomic mass is 10.1. The van der Waals surface area contributed by atoms with Crippen LogP contribution >= 0.6 is 15.9 Å². The van der Waals surface area contributed by atoms with E-state index in [0.717, 1.165) is 15.8 Å². The van der Waals surface area contributed by atoms with Gasteiger partial charge in [-0.3, -0.25) is 20.4 Å². The fraction of sp³-hybridized carbons (Fsp3) is 0.250. The number of nitrogens with one attached hydrogen (secondary N) is 2.